The summed E-state index contributed by atoms with van der Waals surface area (Å²) in [4.78, 5) is 27.6. The number of likely N-dealkylation sites (tertiary alicyclic amines) is 1. The fourth-order valence-corrected chi connectivity index (χ4v) is 3.49. The number of ether oxygens (including phenoxy) is 1. The summed E-state index contributed by atoms with van der Waals surface area (Å²) < 4.78 is 5.77. The zero-order chi connectivity index (χ0) is 20.5. The lowest BCUT2D eigenvalue weighted by atomic mass is 10.1. The molecule has 0 atom stereocenters. The van der Waals surface area contributed by atoms with E-state index in [0.717, 1.165) is 38.8 Å². The lowest BCUT2D eigenvalue weighted by molar-refractivity contribution is 0.0761. The minimum absolute atomic E-state index is 0.0336. The van der Waals surface area contributed by atoms with Gasteiger partial charge in [-0.15, -0.1) is 0 Å². The van der Waals surface area contributed by atoms with Crippen molar-refractivity contribution < 1.29 is 14.3 Å². The fraction of sp³-hybridized carbons (Fsp3) is 0.417. The second-order valence-electron chi connectivity index (χ2n) is 7.44. The van der Waals surface area contributed by atoms with Crippen molar-refractivity contribution in [3.63, 3.8) is 0 Å². The van der Waals surface area contributed by atoms with E-state index >= 15 is 0 Å². The number of anilines is 1. The first kappa shape index (κ1) is 20.9. The second-order valence-corrected chi connectivity index (χ2v) is 7.44. The number of benzene rings is 2. The third-order valence-corrected chi connectivity index (χ3v) is 5.15. The average Bonchev–Trinajstić information content (AvgIpc) is 3.03. The average molecular weight is 395 g/mol. The molecule has 1 aliphatic rings. The van der Waals surface area contributed by atoms with Crippen LogP contribution in [0.1, 0.15) is 66.2 Å². The zero-order valence-corrected chi connectivity index (χ0v) is 17.2. The molecule has 0 spiro atoms. The van der Waals surface area contributed by atoms with Crippen LogP contribution in [0.5, 0.6) is 5.75 Å². The Balaban J connectivity index is 1.70. The normalized spacial score (nSPS) is 14.2. The number of rotatable bonds is 7. The van der Waals surface area contributed by atoms with Crippen LogP contribution in [-0.4, -0.2) is 36.4 Å². The number of amides is 2. The van der Waals surface area contributed by atoms with Gasteiger partial charge in [0.25, 0.3) is 11.8 Å². The molecule has 2 amide bonds. The molecule has 3 rings (SSSR count). The van der Waals surface area contributed by atoms with Gasteiger partial charge in [-0.05, 0) is 49.6 Å². The van der Waals surface area contributed by atoms with Crippen LogP contribution in [0.15, 0.2) is 48.5 Å². The SMILES string of the molecule is CCCCOc1ccccc1C(=O)Nc1cccc(C(=O)N2CCCCCC2)c1. The van der Waals surface area contributed by atoms with Gasteiger partial charge in [-0.1, -0.05) is 44.4 Å². The van der Waals surface area contributed by atoms with Crippen molar-refractivity contribution in [1.29, 1.82) is 0 Å². The number of nitrogens with zero attached hydrogens (tertiary/aromatic N) is 1. The highest BCUT2D eigenvalue weighted by Crippen LogP contribution is 2.21. The first-order chi connectivity index (χ1) is 14.2. The van der Waals surface area contributed by atoms with Crippen molar-refractivity contribution >= 4 is 17.5 Å². The number of hydrogen-bond donors (Lipinski definition) is 1. The summed E-state index contributed by atoms with van der Waals surface area (Å²) in [6.07, 6.45) is 6.44. The third-order valence-electron chi connectivity index (χ3n) is 5.15. The zero-order valence-electron chi connectivity index (χ0n) is 17.2. The molecule has 154 valence electrons. The van der Waals surface area contributed by atoms with Gasteiger partial charge in [-0.2, -0.15) is 0 Å². The Labute approximate surface area is 173 Å². The lowest BCUT2D eigenvalue weighted by Crippen LogP contribution is -2.31. The molecule has 0 aliphatic carbocycles. The van der Waals surface area contributed by atoms with Gasteiger partial charge in [0.2, 0.25) is 0 Å². The molecule has 5 heteroatoms. The summed E-state index contributed by atoms with van der Waals surface area (Å²) in [6.45, 7) is 4.29. The molecule has 5 nitrogen and oxygen atoms in total. The molecule has 0 radical (unpaired) electrons. The molecule has 2 aromatic carbocycles. The molecule has 1 heterocycles. The van der Waals surface area contributed by atoms with Gasteiger partial charge < -0.3 is 15.0 Å². The molecular weight excluding hydrogens is 364 g/mol. The van der Waals surface area contributed by atoms with Gasteiger partial charge in [0, 0.05) is 24.3 Å². The van der Waals surface area contributed by atoms with Crippen molar-refractivity contribution in [2.24, 2.45) is 0 Å². The molecular formula is C24H30N2O3. The first-order valence-corrected chi connectivity index (χ1v) is 10.6. The summed E-state index contributed by atoms with van der Waals surface area (Å²) in [5.74, 6) is 0.373. The van der Waals surface area contributed by atoms with Crippen LogP contribution in [0.4, 0.5) is 5.69 Å². The molecule has 0 bridgehead atoms. The van der Waals surface area contributed by atoms with E-state index in [0.29, 0.717) is 29.2 Å². The quantitative estimate of drug-likeness (QED) is 0.662. The Hall–Kier alpha value is -2.82. The Morgan fingerprint density at radius 1 is 1.00 bits per heavy atom. The number of para-hydroxylation sites is 1. The third kappa shape index (κ3) is 5.83. The summed E-state index contributed by atoms with van der Waals surface area (Å²) in [5.41, 5.74) is 1.71. The Morgan fingerprint density at radius 2 is 1.76 bits per heavy atom. The van der Waals surface area contributed by atoms with Crippen molar-refractivity contribution in [2.45, 2.75) is 45.4 Å². The van der Waals surface area contributed by atoms with E-state index in [1.807, 2.05) is 35.2 Å². The predicted octanol–water partition coefficient (Wildman–Crippen LogP) is 5.13. The van der Waals surface area contributed by atoms with Crippen molar-refractivity contribution in [1.82, 2.24) is 4.90 Å². The van der Waals surface area contributed by atoms with E-state index in [9.17, 15) is 9.59 Å². The van der Waals surface area contributed by atoms with Crippen molar-refractivity contribution in [2.75, 3.05) is 25.0 Å². The van der Waals surface area contributed by atoms with E-state index in [4.69, 9.17) is 4.74 Å². The highest BCUT2D eigenvalue weighted by Gasteiger charge is 2.18. The van der Waals surface area contributed by atoms with E-state index in [-0.39, 0.29) is 11.8 Å². The molecule has 1 saturated heterocycles. The molecule has 0 unspecified atom stereocenters. The van der Waals surface area contributed by atoms with Gasteiger partial charge in [0.05, 0.1) is 12.2 Å². The molecule has 1 N–H and O–H groups in total. The highest BCUT2D eigenvalue weighted by atomic mass is 16.5. The topological polar surface area (TPSA) is 58.6 Å². The van der Waals surface area contributed by atoms with Crippen LogP contribution in [0, 0.1) is 0 Å². The molecule has 29 heavy (non-hydrogen) atoms. The maximum absolute atomic E-state index is 12.9. The lowest BCUT2D eigenvalue weighted by Gasteiger charge is -2.20. The van der Waals surface area contributed by atoms with Crippen molar-refractivity contribution in [3.05, 3.63) is 59.7 Å². The Bertz CT molecular complexity index is 826. The number of hydrogen-bond acceptors (Lipinski definition) is 3. The van der Waals surface area contributed by atoms with E-state index in [1.54, 1.807) is 18.2 Å². The minimum Gasteiger partial charge on any atom is -0.493 e. The van der Waals surface area contributed by atoms with Crippen LogP contribution in [-0.2, 0) is 0 Å². The summed E-state index contributed by atoms with van der Waals surface area (Å²) in [5, 5.41) is 2.91. The van der Waals surface area contributed by atoms with Gasteiger partial charge in [0.15, 0.2) is 0 Å². The minimum atomic E-state index is -0.239. The van der Waals surface area contributed by atoms with E-state index in [1.165, 1.54) is 12.8 Å². The number of nitrogens with one attached hydrogen (secondary N) is 1. The summed E-state index contributed by atoms with van der Waals surface area (Å²) in [7, 11) is 0. The molecule has 0 saturated carbocycles. The standard InChI is InChI=1S/C24H30N2O3/c1-2-3-17-29-22-14-7-6-13-21(22)23(27)25-20-12-10-11-19(18-20)24(28)26-15-8-4-5-9-16-26/h6-7,10-14,18H,2-5,8-9,15-17H2,1H3,(H,25,27). The Morgan fingerprint density at radius 3 is 2.52 bits per heavy atom. The van der Waals surface area contributed by atoms with Gasteiger partial charge in [-0.3, -0.25) is 9.59 Å². The maximum Gasteiger partial charge on any atom is 0.259 e. The summed E-state index contributed by atoms with van der Waals surface area (Å²) in [6, 6.07) is 14.4. The molecule has 1 aliphatic heterocycles. The van der Waals surface area contributed by atoms with Gasteiger partial charge >= 0.3 is 0 Å². The van der Waals surface area contributed by atoms with Crippen LogP contribution >= 0.6 is 0 Å². The van der Waals surface area contributed by atoms with Crippen LogP contribution < -0.4 is 10.1 Å². The van der Waals surface area contributed by atoms with Crippen molar-refractivity contribution in [3.8, 4) is 5.75 Å². The maximum atomic E-state index is 12.9. The number of unbranched alkanes of at least 4 members (excludes halogenated alkanes) is 1. The highest BCUT2D eigenvalue weighted by molar-refractivity contribution is 6.06. The monoisotopic (exact) mass is 394 g/mol. The number of carbonyl (C=O) groups is 2. The van der Waals surface area contributed by atoms with E-state index in [2.05, 4.69) is 12.2 Å². The van der Waals surface area contributed by atoms with Crippen LogP contribution in [0.25, 0.3) is 0 Å². The Kier molecular flexibility index (Phi) is 7.68. The second kappa shape index (κ2) is 10.6. The predicted molar refractivity (Wildman–Crippen MR) is 116 cm³/mol. The first-order valence-electron chi connectivity index (χ1n) is 10.6. The van der Waals surface area contributed by atoms with E-state index < -0.39 is 0 Å². The smallest absolute Gasteiger partial charge is 0.259 e. The van der Waals surface area contributed by atoms with Gasteiger partial charge in [-0.25, -0.2) is 0 Å². The largest absolute Gasteiger partial charge is 0.493 e. The summed E-state index contributed by atoms with van der Waals surface area (Å²) >= 11 is 0. The van der Waals surface area contributed by atoms with Crippen LogP contribution in [0.3, 0.4) is 0 Å². The molecule has 0 aromatic heterocycles. The van der Waals surface area contributed by atoms with Crippen LogP contribution in [0.2, 0.25) is 0 Å². The molecule has 1 fully saturated rings. The molecule has 2 aromatic rings. The fourth-order valence-electron chi connectivity index (χ4n) is 3.49. The number of carbonyl (C=O) groups excluding carboxylic acids is 2. The van der Waals surface area contributed by atoms with Gasteiger partial charge in [0.1, 0.15) is 5.75 Å².